The number of rotatable bonds is 8. The van der Waals surface area contributed by atoms with E-state index in [1.165, 1.54) is 12.1 Å². The lowest BCUT2D eigenvalue weighted by Crippen LogP contribution is -2.15. The summed E-state index contributed by atoms with van der Waals surface area (Å²) in [5, 5.41) is 2.60. The monoisotopic (exact) mass is 270 g/mol. The highest BCUT2D eigenvalue weighted by Crippen LogP contribution is 2.19. The van der Waals surface area contributed by atoms with E-state index in [1.807, 2.05) is 0 Å². The Hall–Kier alpha value is -1.66. The summed E-state index contributed by atoms with van der Waals surface area (Å²) < 4.78 is 22.9. The van der Waals surface area contributed by atoms with Crippen molar-refractivity contribution in [2.45, 2.75) is 12.8 Å². The van der Waals surface area contributed by atoms with Gasteiger partial charge in [0.05, 0.1) is 24.4 Å². The third kappa shape index (κ3) is 6.17. The van der Waals surface area contributed by atoms with Crippen LogP contribution in [0.5, 0.6) is 0 Å². The molecule has 0 bridgehead atoms. The van der Waals surface area contributed by atoms with Crippen molar-refractivity contribution < 1.29 is 18.7 Å². The number of amides is 1. The zero-order valence-corrected chi connectivity index (χ0v) is 10.9. The van der Waals surface area contributed by atoms with Gasteiger partial charge in [0.1, 0.15) is 5.82 Å². The lowest BCUT2D eigenvalue weighted by molar-refractivity contribution is -0.117. The van der Waals surface area contributed by atoms with Gasteiger partial charge in [-0.2, -0.15) is 0 Å². The van der Waals surface area contributed by atoms with E-state index in [0.29, 0.717) is 25.5 Å². The van der Waals surface area contributed by atoms with Crippen LogP contribution < -0.4 is 11.1 Å². The van der Waals surface area contributed by atoms with Crippen LogP contribution in [0.2, 0.25) is 0 Å². The van der Waals surface area contributed by atoms with Crippen molar-refractivity contribution in [2.24, 2.45) is 0 Å². The van der Waals surface area contributed by atoms with Crippen LogP contribution >= 0.6 is 0 Å². The minimum Gasteiger partial charge on any atom is -0.397 e. The molecule has 0 fully saturated rings. The van der Waals surface area contributed by atoms with Gasteiger partial charge in [-0.15, -0.1) is 0 Å². The molecule has 1 aromatic carbocycles. The number of hydrogen-bond acceptors (Lipinski definition) is 4. The summed E-state index contributed by atoms with van der Waals surface area (Å²) in [6, 6.07) is 3.84. The fourth-order valence-corrected chi connectivity index (χ4v) is 1.43. The number of anilines is 2. The Kier molecular flexibility index (Phi) is 6.84. The van der Waals surface area contributed by atoms with Crippen molar-refractivity contribution in [3.63, 3.8) is 0 Å². The zero-order chi connectivity index (χ0) is 14.1. The third-order valence-corrected chi connectivity index (χ3v) is 2.40. The molecule has 0 heterocycles. The molecule has 0 atom stereocenters. The van der Waals surface area contributed by atoms with Gasteiger partial charge in [0.2, 0.25) is 5.91 Å². The van der Waals surface area contributed by atoms with Gasteiger partial charge in [0.25, 0.3) is 0 Å². The molecule has 3 N–H and O–H groups in total. The Labute approximate surface area is 111 Å². The molecular weight excluding hydrogens is 251 g/mol. The molecule has 5 nitrogen and oxygen atoms in total. The second-order valence-electron chi connectivity index (χ2n) is 3.99. The van der Waals surface area contributed by atoms with Gasteiger partial charge in [-0.3, -0.25) is 4.79 Å². The lowest BCUT2D eigenvalue weighted by Gasteiger charge is -2.08. The van der Waals surface area contributed by atoms with Gasteiger partial charge >= 0.3 is 0 Å². The molecule has 0 radical (unpaired) electrons. The normalized spacial score (nSPS) is 10.4. The summed E-state index contributed by atoms with van der Waals surface area (Å²) in [4.78, 5) is 11.6. The minimum absolute atomic E-state index is 0.203. The first-order valence-electron chi connectivity index (χ1n) is 6.05. The SMILES string of the molecule is COCCCOCCC(=O)Nc1ccc(F)cc1N. The molecule has 0 aliphatic rings. The number of carbonyl (C=O) groups is 1. The molecule has 0 saturated carbocycles. The Bertz CT molecular complexity index is 413. The number of carbonyl (C=O) groups excluding carboxylic acids is 1. The average Bonchev–Trinajstić information content (AvgIpc) is 2.37. The number of ether oxygens (including phenoxy) is 2. The van der Waals surface area contributed by atoms with Crippen molar-refractivity contribution in [1.82, 2.24) is 0 Å². The van der Waals surface area contributed by atoms with Crippen molar-refractivity contribution in [2.75, 3.05) is 38.0 Å². The maximum absolute atomic E-state index is 12.8. The molecule has 106 valence electrons. The largest absolute Gasteiger partial charge is 0.397 e. The molecule has 1 aromatic rings. The van der Waals surface area contributed by atoms with Crippen molar-refractivity contribution in [1.29, 1.82) is 0 Å². The Balaban J connectivity index is 2.23. The first kappa shape index (κ1) is 15.4. The molecular formula is C13H19FN2O3. The molecule has 0 unspecified atom stereocenters. The number of nitrogens with two attached hydrogens (primary N) is 1. The van der Waals surface area contributed by atoms with Crippen LogP contribution in [-0.4, -0.2) is 32.8 Å². The first-order valence-corrected chi connectivity index (χ1v) is 6.05. The predicted molar refractivity (Wildman–Crippen MR) is 71.4 cm³/mol. The highest BCUT2D eigenvalue weighted by molar-refractivity contribution is 5.93. The van der Waals surface area contributed by atoms with E-state index in [0.717, 1.165) is 12.5 Å². The summed E-state index contributed by atoms with van der Waals surface area (Å²) in [5.41, 5.74) is 6.19. The smallest absolute Gasteiger partial charge is 0.226 e. The van der Waals surface area contributed by atoms with E-state index in [4.69, 9.17) is 15.2 Å². The highest BCUT2D eigenvalue weighted by atomic mass is 19.1. The molecule has 0 aliphatic carbocycles. The average molecular weight is 270 g/mol. The predicted octanol–water partition coefficient (Wildman–Crippen LogP) is 1.79. The number of nitrogen functional groups attached to an aromatic ring is 1. The maximum Gasteiger partial charge on any atom is 0.226 e. The van der Waals surface area contributed by atoms with Crippen LogP contribution in [0.15, 0.2) is 18.2 Å². The molecule has 6 heteroatoms. The topological polar surface area (TPSA) is 73.6 Å². The van der Waals surface area contributed by atoms with Crippen LogP contribution in [0.25, 0.3) is 0 Å². The van der Waals surface area contributed by atoms with Gasteiger partial charge in [0, 0.05) is 20.3 Å². The van der Waals surface area contributed by atoms with Crippen LogP contribution in [0.3, 0.4) is 0 Å². The summed E-state index contributed by atoms with van der Waals surface area (Å²) in [6.07, 6.45) is 1.02. The summed E-state index contributed by atoms with van der Waals surface area (Å²) >= 11 is 0. The van der Waals surface area contributed by atoms with E-state index in [-0.39, 0.29) is 18.0 Å². The molecule has 0 saturated heterocycles. The van der Waals surface area contributed by atoms with E-state index < -0.39 is 5.82 Å². The number of nitrogens with one attached hydrogen (secondary N) is 1. The molecule has 1 rings (SSSR count). The molecule has 0 spiro atoms. The van der Waals surface area contributed by atoms with E-state index >= 15 is 0 Å². The van der Waals surface area contributed by atoms with Crippen molar-refractivity contribution >= 4 is 17.3 Å². The number of benzene rings is 1. The van der Waals surface area contributed by atoms with Gasteiger partial charge in [-0.1, -0.05) is 0 Å². The quantitative estimate of drug-likeness (QED) is 0.558. The van der Waals surface area contributed by atoms with E-state index in [1.54, 1.807) is 7.11 Å². The standard InChI is InChI=1S/C13H19FN2O3/c1-18-6-2-7-19-8-5-13(17)16-12-4-3-10(14)9-11(12)15/h3-4,9H,2,5-8,15H2,1H3,(H,16,17). The second-order valence-corrected chi connectivity index (χ2v) is 3.99. The lowest BCUT2D eigenvalue weighted by atomic mass is 10.2. The van der Waals surface area contributed by atoms with E-state index in [9.17, 15) is 9.18 Å². The number of halogens is 1. The maximum atomic E-state index is 12.8. The summed E-state index contributed by atoms with van der Waals surface area (Å²) in [7, 11) is 1.63. The highest BCUT2D eigenvalue weighted by Gasteiger charge is 2.06. The molecule has 1 amide bonds. The summed E-state index contributed by atoms with van der Waals surface area (Å²) in [6.45, 7) is 1.52. The van der Waals surface area contributed by atoms with Crippen molar-refractivity contribution in [3.8, 4) is 0 Å². The van der Waals surface area contributed by atoms with Gasteiger partial charge in [-0.25, -0.2) is 4.39 Å². The zero-order valence-electron chi connectivity index (χ0n) is 10.9. The second kappa shape index (κ2) is 8.44. The molecule has 0 aromatic heterocycles. The van der Waals surface area contributed by atoms with Gasteiger partial charge in [0.15, 0.2) is 0 Å². The van der Waals surface area contributed by atoms with E-state index in [2.05, 4.69) is 5.32 Å². The fourth-order valence-electron chi connectivity index (χ4n) is 1.43. The first-order chi connectivity index (χ1) is 9.13. The Morgan fingerprint density at radius 1 is 1.37 bits per heavy atom. The van der Waals surface area contributed by atoms with Crippen LogP contribution in [0, 0.1) is 5.82 Å². The summed E-state index contributed by atoms with van der Waals surface area (Å²) in [5.74, 6) is -0.651. The minimum atomic E-state index is -0.433. The molecule has 19 heavy (non-hydrogen) atoms. The number of methoxy groups -OCH3 is 1. The molecule has 0 aliphatic heterocycles. The fraction of sp³-hybridized carbons (Fsp3) is 0.462. The van der Waals surface area contributed by atoms with Gasteiger partial charge < -0.3 is 20.5 Å². The number of hydrogen-bond donors (Lipinski definition) is 2. The van der Waals surface area contributed by atoms with Crippen LogP contribution in [0.4, 0.5) is 15.8 Å². The third-order valence-electron chi connectivity index (χ3n) is 2.40. The van der Waals surface area contributed by atoms with Gasteiger partial charge in [-0.05, 0) is 24.6 Å². The Morgan fingerprint density at radius 3 is 2.84 bits per heavy atom. The Morgan fingerprint density at radius 2 is 2.16 bits per heavy atom. The van der Waals surface area contributed by atoms with Crippen LogP contribution in [0.1, 0.15) is 12.8 Å². The van der Waals surface area contributed by atoms with Crippen LogP contribution in [-0.2, 0) is 14.3 Å². The van der Waals surface area contributed by atoms with Crippen molar-refractivity contribution in [3.05, 3.63) is 24.0 Å².